The third-order valence-corrected chi connectivity index (χ3v) is 7.04. The van der Waals surface area contributed by atoms with Crippen LogP contribution in [0.2, 0.25) is 0 Å². The Morgan fingerprint density at radius 1 is 1.06 bits per heavy atom. The van der Waals surface area contributed by atoms with E-state index in [-0.39, 0.29) is 50.4 Å². The van der Waals surface area contributed by atoms with Crippen molar-refractivity contribution in [2.45, 2.75) is 61.4 Å². The van der Waals surface area contributed by atoms with Crippen LogP contribution in [0.15, 0.2) is 38.0 Å². The highest BCUT2D eigenvalue weighted by molar-refractivity contribution is 8.01. The Hall–Kier alpha value is -3.28. The quantitative estimate of drug-likeness (QED) is 0.150. The Kier molecular flexibility index (Phi) is 10.6. The van der Waals surface area contributed by atoms with E-state index in [4.69, 9.17) is 14.2 Å². The summed E-state index contributed by atoms with van der Waals surface area (Å²) in [5, 5.41) is 4.73. The maximum Gasteiger partial charge on any atom is 0.408 e. The molecule has 12 heteroatoms. The van der Waals surface area contributed by atoms with E-state index in [0.717, 1.165) is 0 Å². The molecule has 0 saturated carbocycles. The Morgan fingerprint density at radius 2 is 1.67 bits per heavy atom. The summed E-state index contributed by atoms with van der Waals surface area (Å²) in [5.41, 5.74) is 0. The van der Waals surface area contributed by atoms with Crippen LogP contribution in [0.25, 0.3) is 0 Å². The lowest BCUT2D eigenvalue weighted by atomic mass is 9.96. The molecule has 0 aromatic carbocycles. The number of thioether (sulfide) groups is 1. The molecule has 0 spiro atoms. The van der Waals surface area contributed by atoms with Crippen molar-refractivity contribution in [1.82, 2.24) is 15.5 Å². The molecule has 0 radical (unpaired) electrons. The van der Waals surface area contributed by atoms with Crippen LogP contribution in [-0.4, -0.2) is 82.8 Å². The number of β-lactam (4-membered cyclic amide) rings is 1. The van der Waals surface area contributed by atoms with Crippen LogP contribution >= 0.6 is 11.8 Å². The average molecular weight is 524 g/mol. The van der Waals surface area contributed by atoms with E-state index in [2.05, 4.69) is 30.4 Å². The summed E-state index contributed by atoms with van der Waals surface area (Å²) in [6, 6.07) is -2.55. The Morgan fingerprint density at radius 3 is 2.31 bits per heavy atom. The topological polar surface area (TPSA) is 140 Å². The summed E-state index contributed by atoms with van der Waals surface area (Å²) >= 11 is 1.42. The van der Waals surface area contributed by atoms with Crippen LogP contribution in [0, 0.1) is 0 Å². The van der Waals surface area contributed by atoms with E-state index in [9.17, 15) is 24.0 Å². The smallest absolute Gasteiger partial charge is 0.408 e. The number of alkyl carbamates (subject to hydrolysis) is 1. The minimum absolute atomic E-state index is 0.00396. The fraction of sp³-hybridized carbons (Fsp3) is 0.542. The molecule has 3 amide bonds. The number of carbonyl (C=O) groups excluding carboxylic acids is 5. The highest BCUT2D eigenvalue weighted by Crippen LogP contribution is 2.51. The van der Waals surface area contributed by atoms with Crippen LogP contribution in [0.1, 0.15) is 33.1 Å². The van der Waals surface area contributed by atoms with Crippen molar-refractivity contribution in [3.8, 4) is 0 Å². The molecule has 2 fully saturated rings. The molecule has 2 aliphatic heterocycles. The molecule has 2 heterocycles. The molecule has 0 unspecified atom stereocenters. The van der Waals surface area contributed by atoms with Gasteiger partial charge in [0.05, 0.1) is 0 Å². The highest BCUT2D eigenvalue weighted by Gasteiger charge is 2.64. The van der Waals surface area contributed by atoms with Crippen molar-refractivity contribution in [3.63, 3.8) is 0 Å². The van der Waals surface area contributed by atoms with Crippen molar-refractivity contribution >= 4 is 41.6 Å². The van der Waals surface area contributed by atoms with Gasteiger partial charge in [0.1, 0.15) is 43.3 Å². The predicted octanol–water partition coefficient (Wildman–Crippen LogP) is 1.44. The van der Waals surface area contributed by atoms with Gasteiger partial charge in [-0.3, -0.25) is 9.59 Å². The summed E-state index contributed by atoms with van der Waals surface area (Å²) in [6.07, 6.45) is 3.75. The lowest BCUT2D eigenvalue weighted by molar-refractivity contribution is -0.163. The first-order valence-corrected chi connectivity index (χ1v) is 12.3. The monoisotopic (exact) mass is 523 g/mol. The van der Waals surface area contributed by atoms with Crippen molar-refractivity contribution in [2.75, 3.05) is 19.8 Å². The van der Waals surface area contributed by atoms with Crippen molar-refractivity contribution < 1.29 is 38.2 Å². The molecule has 4 atom stereocenters. The van der Waals surface area contributed by atoms with Gasteiger partial charge in [0.2, 0.25) is 11.8 Å². The van der Waals surface area contributed by atoms with Gasteiger partial charge in [-0.2, -0.15) is 0 Å². The molecule has 2 N–H and O–H groups in total. The average Bonchev–Trinajstić information content (AvgIpc) is 3.10. The summed E-state index contributed by atoms with van der Waals surface area (Å²) in [7, 11) is 0. The van der Waals surface area contributed by atoms with Gasteiger partial charge < -0.3 is 29.7 Å². The second kappa shape index (κ2) is 13.1. The minimum Gasteiger partial charge on any atom is -0.460 e. The van der Waals surface area contributed by atoms with Crippen LogP contribution in [-0.2, 0) is 33.4 Å². The molecule has 0 aromatic heterocycles. The molecule has 2 saturated heterocycles. The van der Waals surface area contributed by atoms with Gasteiger partial charge in [-0.1, -0.05) is 38.0 Å². The Balaban J connectivity index is 1.89. The molecular formula is C24H33N3O8S. The van der Waals surface area contributed by atoms with Gasteiger partial charge >= 0.3 is 18.0 Å². The molecule has 2 aliphatic rings. The number of hydrogen-bond donors (Lipinski definition) is 2. The number of nitrogens with zero attached hydrogens (tertiary/aromatic N) is 1. The van der Waals surface area contributed by atoms with Crippen molar-refractivity contribution in [1.29, 1.82) is 0 Å². The van der Waals surface area contributed by atoms with Gasteiger partial charge in [-0.15, -0.1) is 11.8 Å². The van der Waals surface area contributed by atoms with E-state index in [1.54, 1.807) is 0 Å². The van der Waals surface area contributed by atoms with Gasteiger partial charge in [0.25, 0.3) is 0 Å². The van der Waals surface area contributed by atoms with E-state index in [0.29, 0.717) is 0 Å². The third-order valence-electron chi connectivity index (χ3n) is 5.47. The number of hydrogen-bond acceptors (Lipinski definition) is 9. The SMILES string of the molecule is C=CCOC(=O)N[C@@H](CCCC(=O)N[C@@H]1C(=O)N2[C@@H]1SC(C)(C)[C@@H]2C(=O)OCC=C)C(=O)OCC=C. The number of fused-ring (bicyclic) bond motifs is 1. The van der Waals surface area contributed by atoms with Crippen molar-refractivity contribution in [3.05, 3.63) is 38.0 Å². The molecule has 0 aliphatic carbocycles. The van der Waals surface area contributed by atoms with E-state index in [1.807, 2.05) is 13.8 Å². The zero-order valence-electron chi connectivity index (χ0n) is 20.5. The summed E-state index contributed by atoms with van der Waals surface area (Å²) < 4.78 is 14.4. The molecule has 198 valence electrons. The van der Waals surface area contributed by atoms with Gasteiger partial charge in [0.15, 0.2) is 0 Å². The molecule has 0 aromatic rings. The standard InChI is InChI=1S/C24H33N3O8S/c1-6-12-33-21(30)15(25-23(32)35-14-8-3)10-9-11-16(28)26-17-19(29)27-18(22(31)34-13-7-2)24(4,5)36-20(17)27/h6-8,15,17-18,20H,1-3,9-14H2,4-5H3,(H,25,32)(H,26,28)/t15-,17+,18-,20+/m0/s1. The highest BCUT2D eigenvalue weighted by atomic mass is 32.2. The normalized spacial score (nSPS) is 22.2. The number of rotatable bonds is 14. The van der Waals surface area contributed by atoms with Gasteiger partial charge in [-0.25, -0.2) is 14.4 Å². The third kappa shape index (κ3) is 7.12. The Bertz CT molecular complexity index is 906. The van der Waals surface area contributed by atoms with E-state index in [1.165, 1.54) is 34.9 Å². The fourth-order valence-corrected chi connectivity index (χ4v) is 5.49. The molecular weight excluding hydrogens is 490 g/mol. The minimum atomic E-state index is -1.02. The zero-order chi connectivity index (χ0) is 26.9. The first kappa shape index (κ1) is 29.0. The van der Waals surface area contributed by atoms with Gasteiger partial charge in [0, 0.05) is 11.2 Å². The molecule has 2 rings (SSSR count). The number of ether oxygens (including phenoxy) is 3. The maximum absolute atomic E-state index is 12.8. The molecule has 11 nitrogen and oxygen atoms in total. The molecule has 36 heavy (non-hydrogen) atoms. The zero-order valence-corrected chi connectivity index (χ0v) is 21.3. The van der Waals surface area contributed by atoms with Crippen LogP contribution in [0.5, 0.6) is 0 Å². The fourth-order valence-electron chi connectivity index (χ4n) is 3.87. The lowest BCUT2D eigenvalue weighted by Gasteiger charge is -2.43. The molecule has 0 bridgehead atoms. The summed E-state index contributed by atoms with van der Waals surface area (Å²) in [4.78, 5) is 63.3. The van der Waals surface area contributed by atoms with Crippen molar-refractivity contribution in [2.24, 2.45) is 0 Å². The number of carbonyl (C=O) groups is 5. The Labute approximate surface area is 214 Å². The predicted molar refractivity (Wildman–Crippen MR) is 133 cm³/mol. The maximum atomic E-state index is 12.8. The van der Waals surface area contributed by atoms with Crippen LogP contribution < -0.4 is 10.6 Å². The first-order chi connectivity index (χ1) is 17.1. The summed E-state index contributed by atoms with van der Waals surface area (Å²) in [5.74, 6) is -1.95. The number of nitrogens with one attached hydrogen (secondary N) is 2. The number of esters is 2. The van der Waals surface area contributed by atoms with E-state index >= 15 is 0 Å². The number of amides is 3. The van der Waals surface area contributed by atoms with Crippen LogP contribution in [0.4, 0.5) is 4.79 Å². The second-order valence-corrected chi connectivity index (χ2v) is 10.4. The largest absolute Gasteiger partial charge is 0.460 e. The lowest BCUT2D eigenvalue weighted by Crippen LogP contribution is -2.70. The van der Waals surface area contributed by atoms with Crippen LogP contribution in [0.3, 0.4) is 0 Å². The second-order valence-electron chi connectivity index (χ2n) is 8.62. The van der Waals surface area contributed by atoms with Gasteiger partial charge in [-0.05, 0) is 26.7 Å². The first-order valence-electron chi connectivity index (χ1n) is 11.5. The van der Waals surface area contributed by atoms with E-state index < -0.39 is 46.8 Å². The summed E-state index contributed by atoms with van der Waals surface area (Å²) in [6.45, 7) is 14.1.